The number of hydrogen-bond donors (Lipinski definition) is 2. The van der Waals surface area contributed by atoms with Crippen LogP contribution in [0.2, 0.25) is 0 Å². The molecule has 18 heavy (non-hydrogen) atoms. The van der Waals surface area contributed by atoms with E-state index in [2.05, 4.69) is 9.89 Å². The van der Waals surface area contributed by atoms with Crippen molar-refractivity contribution in [2.45, 2.75) is 32.2 Å². The lowest BCUT2D eigenvalue weighted by molar-refractivity contribution is 0.428. The molecule has 0 amide bonds. The van der Waals surface area contributed by atoms with Gasteiger partial charge < -0.3 is 15.7 Å². The summed E-state index contributed by atoms with van der Waals surface area (Å²) in [6.45, 7) is 2.54. The first-order valence-corrected chi connectivity index (χ1v) is 6.58. The van der Waals surface area contributed by atoms with E-state index in [0.717, 1.165) is 18.7 Å². The molecule has 0 radical (unpaired) electrons. The van der Waals surface area contributed by atoms with Crippen molar-refractivity contribution in [3.63, 3.8) is 0 Å². The second kappa shape index (κ2) is 6.28. The van der Waals surface area contributed by atoms with E-state index in [9.17, 15) is 5.11 Å². The molecule has 4 heteroatoms. The van der Waals surface area contributed by atoms with Crippen molar-refractivity contribution in [1.29, 1.82) is 0 Å². The standard InChI is InChI=1S/C14H21N3O/c15-14(17-8-3-1-2-4-9-17)16-11-12-6-5-7-13(18)10-12/h5-7,10,18H,1-4,8-9,11H2,(H2,15,16). The maximum Gasteiger partial charge on any atom is 0.191 e. The van der Waals surface area contributed by atoms with Gasteiger partial charge in [0.15, 0.2) is 5.96 Å². The summed E-state index contributed by atoms with van der Waals surface area (Å²) in [4.78, 5) is 6.57. The normalized spacial score (nSPS) is 17.6. The van der Waals surface area contributed by atoms with Gasteiger partial charge in [-0.25, -0.2) is 4.99 Å². The third-order valence-corrected chi connectivity index (χ3v) is 3.26. The zero-order chi connectivity index (χ0) is 12.8. The summed E-state index contributed by atoms with van der Waals surface area (Å²) in [6.07, 6.45) is 4.97. The predicted molar refractivity (Wildman–Crippen MR) is 73.5 cm³/mol. The number of aliphatic imine (C=N–C) groups is 1. The molecule has 2 rings (SSSR count). The predicted octanol–water partition coefficient (Wildman–Crippen LogP) is 2.08. The van der Waals surface area contributed by atoms with Crippen LogP contribution >= 0.6 is 0 Å². The Morgan fingerprint density at radius 1 is 1.22 bits per heavy atom. The Labute approximate surface area is 108 Å². The molecule has 0 aromatic heterocycles. The van der Waals surface area contributed by atoms with Crippen LogP contribution in [0.5, 0.6) is 5.75 Å². The number of rotatable bonds is 2. The molecule has 3 N–H and O–H groups in total. The van der Waals surface area contributed by atoms with E-state index in [1.54, 1.807) is 12.1 Å². The average Bonchev–Trinajstić information content (AvgIpc) is 2.65. The zero-order valence-corrected chi connectivity index (χ0v) is 10.7. The molecule has 98 valence electrons. The summed E-state index contributed by atoms with van der Waals surface area (Å²) in [6, 6.07) is 7.14. The van der Waals surface area contributed by atoms with Gasteiger partial charge in [-0.2, -0.15) is 0 Å². The molecule has 1 aromatic rings. The van der Waals surface area contributed by atoms with Gasteiger partial charge in [-0.05, 0) is 30.5 Å². The van der Waals surface area contributed by atoms with Crippen molar-refractivity contribution >= 4 is 5.96 Å². The topological polar surface area (TPSA) is 61.9 Å². The third kappa shape index (κ3) is 3.65. The number of phenolic OH excluding ortho intramolecular Hbond substituents is 1. The Bertz CT molecular complexity index is 409. The molecule has 1 aliphatic heterocycles. The summed E-state index contributed by atoms with van der Waals surface area (Å²) in [5.41, 5.74) is 7.00. The second-order valence-electron chi connectivity index (χ2n) is 4.75. The van der Waals surface area contributed by atoms with Gasteiger partial charge in [-0.1, -0.05) is 25.0 Å². The van der Waals surface area contributed by atoms with Crippen LogP contribution in [0.1, 0.15) is 31.2 Å². The van der Waals surface area contributed by atoms with E-state index in [4.69, 9.17) is 5.73 Å². The first-order valence-electron chi connectivity index (χ1n) is 6.58. The van der Waals surface area contributed by atoms with Crippen LogP contribution < -0.4 is 5.73 Å². The molecule has 0 saturated carbocycles. The Balaban J connectivity index is 1.95. The zero-order valence-electron chi connectivity index (χ0n) is 10.7. The minimum atomic E-state index is 0.274. The van der Waals surface area contributed by atoms with Crippen molar-refractivity contribution in [3.05, 3.63) is 29.8 Å². The molecule has 1 saturated heterocycles. The molecule has 1 aliphatic rings. The average molecular weight is 247 g/mol. The highest BCUT2D eigenvalue weighted by Gasteiger charge is 2.10. The molecular formula is C14H21N3O. The number of phenols is 1. The number of benzene rings is 1. The highest BCUT2D eigenvalue weighted by atomic mass is 16.3. The minimum Gasteiger partial charge on any atom is -0.508 e. The SMILES string of the molecule is NC(=NCc1cccc(O)c1)N1CCCCCC1. The quantitative estimate of drug-likeness (QED) is 0.621. The fraction of sp³-hybridized carbons (Fsp3) is 0.500. The van der Waals surface area contributed by atoms with Crippen molar-refractivity contribution in [2.24, 2.45) is 10.7 Å². The number of nitrogens with zero attached hydrogens (tertiary/aromatic N) is 2. The number of likely N-dealkylation sites (tertiary alicyclic amines) is 1. The van der Waals surface area contributed by atoms with Gasteiger partial charge in [-0.15, -0.1) is 0 Å². The lowest BCUT2D eigenvalue weighted by Crippen LogP contribution is -2.38. The Kier molecular flexibility index (Phi) is 4.45. The smallest absolute Gasteiger partial charge is 0.191 e. The number of aromatic hydroxyl groups is 1. The fourth-order valence-electron chi connectivity index (χ4n) is 2.23. The number of nitrogens with two attached hydrogens (primary N) is 1. The van der Waals surface area contributed by atoms with E-state index in [1.165, 1.54) is 25.7 Å². The van der Waals surface area contributed by atoms with Crippen LogP contribution in [0.3, 0.4) is 0 Å². The summed E-state index contributed by atoms with van der Waals surface area (Å²) < 4.78 is 0. The van der Waals surface area contributed by atoms with Crippen molar-refractivity contribution in [1.82, 2.24) is 4.90 Å². The summed E-state index contributed by atoms with van der Waals surface area (Å²) in [5, 5.41) is 9.37. The highest BCUT2D eigenvalue weighted by Crippen LogP contribution is 2.12. The molecular weight excluding hydrogens is 226 g/mol. The Morgan fingerprint density at radius 2 is 1.94 bits per heavy atom. The van der Waals surface area contributed by atoms with Gasteiger partial charge in [0.05, 0.1) is 6.54 Å². The van der Waals surface area contributed by atoms with Crippen LogP contribution in [0.15, 0.2) is 29.3 Å². The number of hydrogen-bond acceptors (Lipinski definition) is 2. The van der Waals surface area contributed by atoms with Crippen LogP contribution in [0.4, 0.5) is 0 Å². The second-order valence-corrected chi connectivity index (χ2v) is 4.75. The van der Waals surface area contributed by atoms with Gasteiger partial charge in [0.2, 0.25) is 0 Å². The van der Waals surface area contributed by atoms with E-state index >= 15 is 0 Å². The van der Waals surface area contributed by atoms with E-state index in [0.29, 0.717) is 12.5 Å². The summed E-state index contributed by atoms with van der Waals surface area (Å²) >= 11 is 0. The summed E-state index contributed by atoms with van der Waals surface area (Å²) in [5.74, 6) is 0.899. The first-order chi connectivity index (χ1) is 8.75. The van der Waals surface area contributed by atoms with E-state index < -0.39 is 0 Å². The van der Waals surface area contributed by atoms with Crippen LogP contribution in [-0.2, 0) is 6.54 Å². The van der Waals surface area contributed by atoms with E-state index in [-0.39, 0.29) is 5.75 Å². The van der Waals surface area contributed by atoms with Gasteiger partial charge in [0.25, 0.3) is 0 Å². The molecule has 0 aliphatic carbocycles. The fourth-order valence-corrected chi connectivity index (χ4v) is 2.23. The monoisotopic (exact) mass is 247 g/mol. The minimum absolute atomic E-state index is 0.274. The molecule has 0 spiro atoms. The van der Waals surface area contributed by atoms with Crippen molar-refractivity contribution < 1.29 is 5.11 Å². The largest absolute Gasteiger partial charge is 0.508 e. The molecule has 0 unspecified atom stereocenters. The number of guanidine groups is 1. The van der Waals surface area contributed by atoms with Crippen molar-refractivity contribution in [3.8, 4) is 5.75 Å². The van der Waals surface area contributed by atoms with E-state index in [1.807, 2.05) is 12.1 Å². The summed E-state index contributed by atoms with van der Waals surface area (Å²) in [7, 11) is 0. The van der Waals surface area contributed by atoms with Crippen LogP contribution in [-0.4, -0.2) is 29.1 Å². The molecule has 1 heterocycles. The molecule has 1 aromatic carbocycles. The molecule has 0 atom stereocenters. The van der Waals surface area contributed by atoms with Gasteiger partial charge in [-0.3, -0.25) is 0 Å². The van der Waals surface area contributed by atoms with Gasteiger partial charge >= 0.3 is 0 Å². The maximum atomic E-state index is 9.37. The molecule has 0 bridgehead atoms. The lowest BCUT2D eigenvalue weighted by Gasteiger charge is -2.21. The van der Waals surface area contributed by atoms with Gasteiger partial charge in [0.1, 0.15) is 5.75 Å². The Morgan fingerprint density at radius 3 is 2.61 bits per heavy atom. The van der Waals surface area contributed by atoms with Gasteiger partial charge in [0, 0.05) is 13.1 Å². The first kappa shape index (κ1) is 12.7. The molecule has 1 fully saturated rings. The Hall–Kier alpha value is -1.71. The van der Waals surface area contributed by atoms with Crippen LogP contribution in [0.25, 0.3) is 0 Å². The highest BCUT2D eigenvalue weighted by molar-refractivity contribution is 5.78. The molecule has 4 nitrogen and oxygen atoms in total. The maximum absolute atomic E-state index is 9.37. The van der Waals surface area contributed by atoms with Crippen molar-refractivity contribution in [2.75, 3.05) is 13.1 Å². The lowest BCUT2D eigenvalue weighted by atomic mass is 10.2. The third-order valence-electron chi connectivity index (χ3n) is 3.26. The van der Waals surface area contributed by atoms with Crippen LogP contribution in [0, 0.1) is 0 Å².